The molecule has 31 heavy (non-hydrogen) atoms. The smallest absolute Gasteiger partial charge is 0.221 e. The van der Waals surface area contributed by atoms with Gasteiger partial charge in [0.15, 0.2) is 5.96 Å². The molecule has 1 aromatic carbocycles. The van der Waals surface area contributed by atoms with E-state index in [1.54, 1.807) is 20.4 Å². The van der Waals surface area contributed by atoms with E-state index in [9.17, 15) is 4.79 Å². The Morgan fingerprint density at radius 1 is 1.23 bits per heavy atom. The van der Waals surface area contributed by atoms with Gasteiger partial charge in [-0.25, -0.2) is 0 Å². The van der Waals surface area contributed by atoms with Crippen molar-refractivity contribution in [2.24, 2.45) is 4.99 Å². The van der Waals surface area contributed by atoms with Gasteiger partial charge in [-0.15, -0.1) is 0 Å². The first-order valence-corrected chi connectivity index (χ1v) is 10.8. The molecule has 0 bridgehead atoms. The number of nitrogens with zero attached hydrogens (tertiary/aromatic N) is 2. The van der Waals surface area contributed by atoms with Crippen LogP contribution in [0.3, 0.4) is 0 Å². The fourth-order valence-electron chi connectivity index (χ4n) is 3.87. The van der Waals surface area contributed by atoms with E-state index in [4.69, 9.17) is 9.15 Å². The first-order valence-electron chi connectivity index (χ1n) is 10.8. The maximum atomic E-state index is 11.5. The zero-order valence-electron chi connectivity index (χ0n) is 18.6. The molecule has 8 heteroatoms. The van der Waals surface area contributed by atoms with E-state index in [-0.39, 0.29) is 11.9 Å². The Morgan fingerprint density at radius 2 is 2.03 bits per heavy atom. The molecule has 1 saturated heterocycles. The van der Waals surface area contributed by atoms with Crippen molar-refractivity contribution in [2.45, 2.75) is 38.8 Å². The molecule has 1 unspecified atom stereocenters. The lowest BCUT2D eigenvalue weighted by molar-refractivity contribution is -0.114. The molecule has 0 aliphatic carbocycles. The molecule has 0 radical (unpaired) electrons. The number of aliphatic imine (C=N–C) groups is 1. The van der Waals surface area contributed by atoms with Gasteiger partial charge in [-0.1, -0.05) is 12.5 Å². The third-order valence-corrected chi connectivity index (χ3v) is 5.42. The number of likely N-dealkylation sites (tertiary alicyclic amines) is 1. The monoisotopic (exact) mass is 427 g/mol. The highest BCUT2D eigenvalue weighted by molar-refractivity contribution is 5.90. The minimum absolute atomic E-state index is 0.137. The molecule has 8 nitrogen and oxygen atoms in total. The molecule has 0 spiro atoms. The van der Waals surface area contributed by atoms with Crippen molar-refractivity contribution < 1.29 is 13.9 Å². The number of carbonyl (C=O) groups excluding carboxylic acids is 1. The molecule has 0 saturated carbocycles. The normalized spacial score (nSPS) is 15.9. The summed E-state index contributed by atoms with van der Waals surface area (Å²) in [5.41, 5.74) is 1.66. The van der Waals surface area contributed by atoms with Crippen LogP contribution in [0.1, 0.15) is 43.6 Å². The van der Waals surface area contributed by atoms with Gasteiger partial charge >= 0.3 is 0 Å². The molecule has 1 fully saturated rings. The summed E-state index contributed by atoms with van der Waals surface area (Å²) in [6, 6.07) is 9.86. The molecule has 3 N–H and O–H groups in total. The SMILES string of the molecule is CN=C(NCc1ccc(OC)c(NC(C)=O)c1)NCC(c1ccco1)N1CCCCC1. The maximum Gasteiger partial charge on any atom is 0.221 e. The molecular formula is C23H33N5O3. The molecule has 1 aliphatic heterocycles. The van der Waals surface area contributed by atoms with E-state index < -0.39 is 0 Å². The number of hydrogen-bond acceptors (Lipinski definition) is 5. The minimum atomic E-state index is -0.137. The summed E-state index contributed by atoms with van der Waals surface area (Å²) in [5.74, 6) is 2.18. The minimum Gasteiger partial charge on any atom is -0.495 e. The second-order valence-electron chi connectivity index (χ2n) is 7.65. The van der Waals surface area contributed by atoms with Crippen LogP contribution < -0.4 is 20.7 Å². The van der Waals surface area contributed by atoms with Crippen LogP contribution in [0.15, 0.2) is 46.0 Å². The molecule has 1 atom stereocenters. The highest BCUT2D eigenvalue weighted by Gasteiger charge is 2.24. The lowest BCUT2D eigenvalue weighted by atomic mass is 10.1. The largest absolute Gasteiger partial charge is 0.495 e. The first kappa shape index (κ1) is 22.7. The number of benzene rings is 1. The molecule has 2 heterocycles. The molecule has 1 aromatic heterocycles. The van der Waals surface area contributed by atoms with Gasteiger partial charge in [0, 0.05) is 27.1 Å². The number of nitrogens with one attached hydrogen (secondary N) is 3. The van der Waals surface area contributed by atoms with Crippen LogP contribution in [0.25, 0.3) is 0 Å². The summed E-state index contributed by atoms with van der Waals surface area (Å²) in [5, 5.41) is 9.59. The average molecular weight is 428 g/mol. The number of amides is 1. The van der Waals surface area contributed by atoms with Gasteiger partial charge in [0.2, 0.25) is 5.91 Å². The van der Waals surface area contributed by atoms with Crippen LogP contribution in [-0.4, -0.2) is 50.6 Å². The predicted octanol–water partition coefficient (Wildman–Crippen LogP) is 3.14. The second-order valence-corrected chi connectivity index (χ2v) is 7.65. The topological polar surface area (TPSA) is 91.1 Å². The number of ether oxygens (including phenoxy) is 1. The Morgan fingerprint density at radius 3 is 2.68 bits per heavy atom. The van der Waals surface area contributed by atoms with E-state index in [2.05, 4.69) is 25.8 Å². The summed E-state index contributed by atoms with van der Waals surface area (Å²) >= 11 is 0. The molecule has 168 valence electrons. The van der Waals surface area contributed by atoms with E-state index in [1.165, 1.54) is 26.2 Å². The first-order chi connectivity index (χ1) is 15.1. The molecule has 3 rings (SSSR count). The maximum absolute atomic E-state index is 11.5. The number of hydrogen-bond donors (Lipinski definition) is 3. The molecule has 1 amide bonds. The van der Waals surface area contributed by atoms with Crippen molar-refractivity contribution in [3.05, 3.63) is 47.9 Å². The van der Waals surface area contributed by atoms with E-state index in [0.29, 0.717) is 30.5 Å². The molecule has 2 aromatic rings. The predicted molar refractivity (Wildman–Crippen MR) is 122 cm³/mol. The fraction of sp³-hybridized carbons (Fsp3) is 0.478. The summed E-state index contributed by atoms with van der Waals surface area (Å²) in [6.45, 7) is 4.90. The zero-order chi connectivity index (χ0) is 22.1. The van der Waals surface area contributed by atoms with Gasteiger partial charge in [-0.3, -0.25) is 14.7 Å². The lowest BCUT2D eigenvalue weighted by Gasteiger charge is -2.33. The van der Waals surface area contributed by atoms with Crippen molar-refractivity contribution in [3.63, 3.8) is 0 Å². The summed E-state index contributed by atoms with van der Waals surface area (Å²) < 4.78 is 11.0. The van der Waals surface area contributed by atoms with Gasteiger partial charge in [-0.2, -0.15) is 0 Å². The highest BCUT2D eigenvalue weighted by Crippen LogP contribution is 2.26. The summed E-state index contributed by atoms with van der Waals surface area (Å²) in [6.07, 6.45) is 5.46. The fourth-order valence-corrected chi connectivity index (χ4v) is 3.87. The lowest BCUT2D eigenvalue weighted by Crippen LogP contribution is -2.44. The van der Waals surface area contributed by atoms with Crippen LogP contribution in [-0.2, 0) is 11.3 Å². The van der Waals surface area contributed by atoms with Crippen molar-refractivity contribution in [1.82, 2.24) is 15.5 Å². The second kappa shape index (κ2) is 11.4. The average Bonchev–Trinajstić information content (AvgIpc) is 3.31. The highest BCUT2D eigenvalue weighted by atomic mass is 16.5. The number of rotatable bonds is 8. The Labute approximate surface area is 184 Å². The zero-order valence-corrected chi connectivity index (χ0v) is 18.6. The van der Waals surface area contributed by atoms with Gasteiger partial charge in [-0.05, 0) is 55.8 Å². The van der Waals surface area contributed by atoms with Crippen LogP contribution in [0.2, 0.25) is 0 Å². The number of carbonyl (C=O) groups is 1. The van der Waals surface area contributed by atoms with Gasteiger partial charge in [0.25, 0.3) is 0 Å². The number of piperidine rings is 1. The quantitative estimate of drug-likeness (QED) is 0.443. The Kier molecular flexibility index (Phi) is 8.35. The van der Waals surface area contributed by atoms with Gasteiger partial charge in [0.05, 0.1) is 25.1 Å². The van der Waals surface area contributed by atoms with E-state index in [1.807, 2.05) is 30.3 Å². The standard InChI is InChI=1S/C23H33N5O3/c1-17(29)27-19-14-18(9-10-21(19)30-3)15-25-23(24-2)26-16-20(22-8-7-13-31-22)28-11-5-4-6-12-28/h7-10,13-14,20H,4-6,11-12,15-16H2,1-3H3,(H,27,29)(H2,24,25,26). The van der Waals surface area contributed by atoms with Crippen LogP contribution in [0.5, 0.6) is 5.75 Å². The number of guanidine groups is 1. The number of methoxy groups -OCH3 is 1. The van der Waals surface area contributed by atoms with Gasteiger partial charge in [0.1, 0.15) is 11.5 Å². The molecule has 1 aliphatic rings. The Hall–Kier alpha value is -3.00. The third kappa shape index (κ3) is 6.49. The Bertz CT molecular complexity index is 860. The van der Waals surface area contributed by atoms with Crippen molar-refractivity contribution in [3.8, 4) is 5.75 Å². The van der Waals surface area contributed by atoms with E-state index >= 15 is 0 Å². The van der Waals surface area contributed by atoms with Crippen LogP contribution in [0, 0.1) is 0 Å². The van der Waals surface area contributed by atoms with Crippen molar-refractivity contribution in [2.75, 3.05) is 39.1 Å². The molecular weight excluding hydrogens is 394 g/mol. The summed E-state index contributed by atoms with van der Waals surface area (Å²) in [4.78, 5) is 18.3. The van der Waals surface area contributed by atoms with Crippen molar-refractivity contribution >= 4 is 17.6 Å². The van der Waals surface area contributed by atoms with E-state index in [0.717, 1.165) is 24.4 Å². The van der Waals surface area contributed by atoms with Gasteiger partial charge < -0.3 is 25.1 Å². The third-order valence-electron chi connectivity index (χ3n) is 5.42. The summed E-state index contributed by atoms with van der Waals surface area (Å²) in [7, 11) is 3.34. The Balaban J connectivity index is 1.60. The number of furan rings is 1. The number of anilines is 1. The van der Waals surface area contributed by atoms with Crippen LogP contribution >= 0.6 is 0 Å². The van der Waals surface area contributed by atoms with Crippen molar-refractivity contribution in [1.29, 1.82) is 0 Å². The van der Waals surface area contributed by atoms with Crippen LogP contribution in [0.4, 0.5) is 5.69 Å².